The van der Waals surface area contributed by atoms with Crippen LogP contribution in [0.5, 0.6) is 0 Å². The van der Waals surface area contributed by atoms with Crippen LogP contribution in [0.4, 0.5) is 11.4 Å². The average Bonchev–Trinajstić information content (AvgIpc) is 2.34. The molecule has 0 atom stereocenters. The standard InChI is InChI=1S/C14H12BrClN2S/c1-8-9(15)4-2-6-11(8)18-12-7-3-5-10(16)13(12)14(17)19/h2-7,18H,1H3,(H2,17,19). The summed E-state index contributed by atoms with van der Waals surface area (Å²) in [6.45, 7) is 2.03. The van der Waals surface area contributed by atoms with E-state index in [-0.39, 0.29) is 4.99 Å². The van der Waals surface area contributed by atoms with E-state index in [2.05, 4.69) is 21.2 Å². The van der Waals surface area contributed by atoms with Gasteiger partial charge in [-0.15, -0.1) is 0 Å². The van der Waals surface area contributed by atoms with Crippen LogP contribution in [0.15, 0.2) is 40.9 Å². The lowest BCUT2D eigenvalue weighted by atomic mass is 10.1. The molecule has 2 nitrogen and oxygen atoms in total. The molecule has 2 aromatic rings. The Balaban J connectivity index is 2.47. The minimum Gasteiger partial charge on any atom is -0.389 e. The van der Waals surface area contributed by atoms with Crippen LogP contribution in [0.1, 0.15) is 11.1 Å². The second-order valence-electron chi connectivity index (χ2n) is 4.06. The zero-order valence-electron chi connectivity index (χ0n) is 10.2. The van der Waals surface area contributed by atoms with E-state index in [1.807, 2.05) is 37.3 Å². The first-order valence-electron chi connectivity index (χ1n) is 5.61. The smallest absolute Gasteiger partial charge is 0.107 e. The lowest BCUT2D eigenvalue weighted by Crippen LogP contribution is -2.12. The maximum Gasteiger partial charge on any atom is 0.107 e. The number of hydrogen-bond donors (Lipinski definition) is 2. The summed E-state index contributed by atoms with van der Waals surface area (Å²) in [5.74, 6) is 0. The maximum atomic E-state index is 6.14. The minimum atomic E-state index is 0.278. The van der Waals surface area contributed by atoms with Crippen LogP contribution in [0.3, 0.4) is 0 Å². The lowest BCUT2D eigenvalue weighted by Gasteiger charge is -2.15. The second-order valence-corrected chi connectivity index (χ2v) is 5.77. The summed E-state index contributed by atoms with van der Waals surface area (Å²) in [5, 5.41) is 3.87. The minimum absolute atomic E-state index is 0.278. The van der Waals surface area contributed by atoms with E-state index in [9.17, 15) is 0 Å². The summed E-state index contributed by atoms with van der Waals surface area (Å²) in [5.41, 5.74) is 9.30. The first-order chi connectivity index (χ1) is 9.00. The van der Waals surface area contributed by atoms with Crippen LogP contribution >= 0.6 is 39.7 Å². The van der Waals surface area contributed by atoms with Crippen LogP contribution in [0.2, 0.25) is 5.02 Å². The summed E-state index contributed by atoms with van der Waals surface area (Å²) < 4.78 is 1.04. The number of halogens is 2. The molecule has 2 aromatic carbocycles. The van der Waals surface area contributed by atoms with Crippen molar-refractivity contribution in [2.24, 2.45) is 5.73 Å². The molecule has 0 amide bonds. The Labute approximate surface area is 131 Å². The van der Waals surface area contributed by atoms with Crippen molar-refractivity contribution < 1.29 is 0 Å². The predicted octanol–water partition coefficient (Wildman–Crippen LogP) is 4.79. The van der Waals surface area contributed by atoms with Crippen LogP contribution < -0.4 is 11.1 Å². The lowest BCUT2D eigenvalue weighted by molar-refractivity contribution is 1.40. The zero-order valence-corrected chi connectivity index (χ0v) is 13.4. The molecule has 5 heteroatoms. The molecular weight excluding hydrogens is 344 g/mol. The van der Waals surface area contributed by atoms with Crippen LogP contribution in [0, 0.1) is 6.92 Å². The van der Waals surface area contributed by atoms with Crippen molar-refractivity contribution in [3.63, 3.8) is 0 Å². The third-order valence-electron chi connectivity index (χ3n) is 2.80. The molecule has 2 rings (SSSR count). The molecule has 0 unspecified atom stereocenters. The van der Waals surface area contributed by atoms with E-state index in [1.54, 1.807) is 6.07 Å². The van der Waals surface area contributed by atoms with Crippen LogP contribution in [-0.2, 0) is 0 Å². The highest BCUT2D eigenvalue weighted by Gasteiger charge is 2.11. The van der Waals surface area contributed by atoms with Crippen molar-refractivity contribution in [3.05, 3.63) is 57.0 Å². The topological polar surface area (TPSA) is 38.0 Å². The van der Waals surface area contributed by atoms with E-state index < -0.39 is 0 Å². The summed E-state index contributed by atoms with van der Waals surface area (Å²) in [6.07, 6.45) is 0. The van der Waals surface area contributed by atoms with Gasteiger partial charge in [0, 0.05) is 10.2 Å². The molecule has 0 aliphatic heterocycles. The SMILES string of the molecule is Cc1c(Br)cccc1Nc1cccc(Cl)c1C(N)=S. The van der Waals surface area contributed by atoms with Crippen molar-refractivity contribution in [2.45, 2.75) is 6.92 Å². The average molecular weight is 356 g/mol. The fourth-order valence-corrected chi connectivity index (χ4v) is 2.69. The Morgan fingerprint density at radius 3 is 2.53 bits per heavy atom. The van der Waals surface area contributed by atoms with Gasteiger partial charge in [-0.1, -0.05) is 51.9 Å². The second kappa shape index (κ2) is 5.90. The number of anilines is 2. The molecule has 0 aromatic heterocycles. The Hall–Kier alpha value is -1.10. The Morgan fingerprint density at radius 1 is 1.21 bits per heavy atom. The van der Waals surface area contributed by atoms with Gasteiger partial charge in [-0.05, 0) is 36.8 Å². The van der Waals surface area contributed by atoms with Gasteiger partial charge in [0.2, 0.25) is 0 Å². The summed E-state index contributed by atoms with van der Waals surface area (Å²) in [4.78, 5) is 0.278. The number of rotatable bonds is 3. The molecule has 0 bridgehead atoms. The predicted molar refractivity (Wildman–Crippen MR) is 89.5 cm³/mol. The normalized spacial score (nSPS) is 10.3. The Bertz CT molecular complexity index is 643. The highest BCUT2D eigenvalue weighted by molar-refractivity contribution is 9.10. The first kappa shape index (κ1) is 14.3. The molecule has 19 heavy (non-hydrogen) atoms. The largest absolute Gasteiger partial charge is 0.389 e. The van der Waals surface area contributed by atoms with Crippen molar-refractivity contribution in [1.29, 1.82) is 0 Å². The number of benzene rings is 2. The van der Waals surface area contributed by atoms with Gasteiger partial charge in [-0.25, -0.2) is 0 Å². The molecule has 3 N–H and O–H groups in total. The van der Waals surface area contributed by atoms with Crippen molar-refractivity contribution in [2.75, 3.05) is 5.32 Å². The summed E-state index contributed by atoms with van der Waals surface area (Å²) in [7, 11) is 0. The van der Waals surface area contributed by atoms with E-state index >= 15 is 0 Å². The van der Waals surface area contributed by atoms with Gasteiger partial charge in [-0.2, -0.15) is 0 Å². The van der Waals surface area contributed by atoms with E-state index in [4.69, 9.17) is 29.6 Å². The van der Waals surface area contributed by atoms with E-state index in [1.165, 1.54) is 0 Å². The van der Waals surface area contributed by atoms with Crippen molar-refractivity contribution in [3.8, 4) is 0 Å². The summed E-state index contributed by atoms with van der Waals surface area (Å²) >= 11 is 14.7. The highest BCUT2D eigenvalue weighted by atomic mass is 79.9. The van der Waals surface area contributed by atoms with Crippen LogP contribution in [0.25, 0.3) is 0 Å². The fourth-order valence-electron chi connectivity index (χ4n) is 1.77. The van der Waals surface area contributed by atoms with Gasteiger partial charge in [0.1, 0.15) is 4.99 Å². The highest BCUT2D eigenvalue weighted by Crippen LogP contribution is 2.30. The number of thiocarbonyl (C=S) groups is 1. The summed E-state index contributed by atoms with van der Waals surface area (Å²) in [6, 6.07) is 11.5. The molecule has 0 heterocycles. The molecule has 0 aliphatic carbocycles. The van der Waals surface area contributed by atoms with Gasteiger partial charge in [0.05, 0.1) is 16.3 Å². The molecular formula is C14H12BrClN2S. The van der Waals surface area contributed by atoms with E-state index in [0.717, 1.165) is 21.4 Å². The van der Waals surface area contributed by atoms with Crippen LogP contribution in [-0.4, -0.2) is 4.99 Å². The molecule has 0 fully saturated rings. The van der Waals surface area contributed by atoms with Gasteiger partial charge in [0.15, 0.2) is 0 Å². The third-order valence-corrected chi connectivity index (χ3v) is 4.18. The van der Waals surface area contributed by atoms with Gasteiger partial charge < -0.3 is 11.1 Å². The van der Waals surface area contributed by atoms with Crippen molar-refractivity contribution in [1.82, 2.24) is 0 Å². The molecule has 0 saturated carbocycles. The molecule has 0 saturated heterocycles. The molecule has 0 aliphatic rings. The molecule has 0 radical (unpaired) electrons. The van der Waals surface area contributed by atoms with Gasteiger partial charge in [-0.3, -0.25) is 0 Å². The molecule has 0 spiro atoms. The number of hydrogen-bond acceptors (Lipinski definition) is 2. The zero-order chi connectivity index (χ0) is 14.0. The number of nitrogens with one attached hydrogen (secondary N) is 1. The number of nitrogens with two attached hydrogens (primary N) is 1. The quantitative estimate of drug-likeness (QED) is 0.778. The van der Waals surface area contributed by atoms with Crippen molar-refractivity contribution >= 4 is 56.1 Å². The maximum absolute atomic E-state index is 6.14. The molecule has 98 valence electrons. The monoisotopic (exact) mass is 354 g/mol. The third kappa shape index (κ3) is 3.08. The van der Waals surface area contributed by atoms with Gasteiger partial charge in [0.25, 0.3) is 0 Å². The van der Waals surface area contributed by atoms with Gasteiger partial charge >= 0.3 is 0 Å². The fraction of sp³-hybridized carbons (Fsp3) is 0.0714. The Kier molecular flexibility index (Phi) is 4.45. The Morgan fingerprint density at radius 2 is 1.84 bits per heavy atom. The van der Waals surface area contributed by atoms with E-state index in [0.29, 0.717) is 10.6 Å². The first-order valence-corrected chi connectivity index (χ1v) is 7.19.